The topological polar surface area (TPSA) is 32.3 Å². The quantitative estimate of drug-likeness (QED) is 0.836. The lowest BCUT2D eigenvalue weighted by molar-refractivity contribution is -0.152. The average Bonchev–Trinajstić information content (AvgIpc) is 2.31. The van der Waals surface area contributed by atoms with Crippen molar-refractivity contribution in [1.82, 2.24) is 10.2 Å². The summed E-state index contributed by atoms with van der Waals surface area (Å²) in [6, 6.07) is 0. The fourth-order valence-corrected chi connectivity index (χ4v) is 2.48. The fourth-order valence-electron chi connectivity index (χ4n) is 2.48. The Labute approximate surface area is 112 Å². The molecule has 0 saturated carbocycles. The van der Waals surface area contributed by atoms with Crippen LogP contribution in [-0.4, -0.2) is 36.0 Å². The molecule has 0 aliphatic carbocycles. The summed E-state index contributed by atoms with van der Waals surface area (Å²) in [5, 5.41) is 3.32. The van der Waals surface area contributed by atoms with Crippen molar-refractivity contribution in [3.05, 3.63) is 0 Å². The lowest BCUT2D eigenvalue weighted by atomic mass is 9.71. The molecule has 1 aliphatic heterocycles. The maximum atomic E-state index is 12.6. The Bertz CT molecular complexity index is 322. The van der Waals surface area contributed by atoms with Crippen LogP contribution in [0, 0.1) is 5.41 Å². The van der Waals surface area contributed by atoms with Gasteiger partial charge in [-0.3, -0.25) is 4.79 Å². The van der Waals surface area contributed by atoms with Crippen molar-refractivity contribution in [2.75, 3.05) is 14.1 Å². The molecule has 1 aliphatic rings. The Hall–Kier alpha value is -0.570. The molecular formula is C15H30N2O. The molecule has 0 aromatic rings. The van der Waals surface area contributed by atoms with Gasteiger partial charge < -0.3 is 10.2 Å². The first-order valence-electron chi connectivity index (χ1n) is 7.01. The number of hydrogen-bond donors (Lipinski definition) is 1. The molecule has 1 N–H and O–H groups in total. The zero-order chi connectivity index (χ0) is 14.2. The summed E-state index contributed by atoms with van der Waals surface area (Å²) in [5.41, 5.74) is -0.0671. The zero-order valence-corrected chi connectivity index (χ0v) is 13.2. The van der Waals surface area contributed by atoms with Gasteiger partial charge in [-0.15, -0.1) is 0 Å². The molecule has 0 radical (unpaired) electrons. The molecule has 0 aromatic heterocycles. The van der Waals surface area contributed by atoms with Gasteiger partial charge in [0.15, 0.2) is 0 Å². The van der Waals surface area contributed by atoms with Crippen molar-refractivity contribution in [3.63, 3.8) is 0 Å². The number of amides is 1. The van der Waals surface area contributed by atoms with Crippen LogP contribution in [-0.2, 0) is 4.79 Å². The van der Waals surface area contributed by atoms with Crippen molar-refractivity contribution in [2.45, 2.75) is 71.4 Å². The molecule has 0 bridgehead atoms. The number of carbonyl (C=O) groups excluding carboxylic acids is 1. The van der Waals surface area contributed by atoms with Crippen molar-refractivity contribution in [1.29, 1.82) is 0 Å². The van der Waals surface area contributed by atoms with E-state index < -0.39 is 0 Å². The van der Waals surface area contributed by atoms with E-state index in [2.05, 4.69) is 39.9 Å². The third-order valence-electron chi connectivity index (χ3n) is 5.00. The second-order valence-corrected chi connectivity index (χ2v) is 7.37. The molecule has 3 heteroatoms. The van der Waals surface area contributed by atoms with Crippen LogP contribution in [0.2, 0.25) is 0 Å². The van der Waals surface area contributed by atoms with Crippen LogP contribution < -0.4 is 5.32 Å². The first-order valence-corrected chi connectivity index (χ1v) is 7.01. The zero-order valence-electron chi connectivity index (χ0n) is 13.2. The summed E-state index contributed by atoms with van der Waals surface area (Å²) in [6.07, 6.45) is 4.08. The highest BCUT2D eigenvalue weighted by molar-refractivity contribution is 5.83. The molecule has 1 saturated heterocycles. The van der Waals surface area contributed by atoms with Gasteiger partial charge in [0.1, 0.15) is 0 Å². The third-order valence-corrected chi connectivity index (χ3v) is 5.00. The summed E-state index contributed by atoms with van der Waals surface area (Å²) < 4.78 is 0. The summed E-state index contributed by atoms with van der Waals surface area (Å²) >= 11 is 0. The number of rotatable bonds is 4. The number of likely N-dealkylation sites (tertiary alicyclic amines) is 1. The molecule has 0 aromatic carbocycles. The van der Waals surface area contributed by atoms with Crippen molar-refractivity contribution >= 4 is 5.91 Å². The van der Waals surface area contributed by atoms with E-state index in [0.29, 0.717) is 5.91 Å². The van der Waals surface area contributed by atoms with E-state index in [0.717, 1.165) is 25.7 Å². The predicted molar refractivity (Wildman–Crippen MR) is 76.6 cm³/mol. The van der Waals surface area contributed by atoms with E-state index in [4.69, 9.17) is 0 Å². The summed E-state index contributed by atoms with van der Waals surface area (Å²) in [6.45, 7) is 10.8. The Morgan fingerprint density at radius 3 is 2.33 bits per heavy atom. The maximum Gasteiger partial charge on any atom is 0.228 e. The van der Waals surface area contributed by atoms with Gasteiger partial charge in [0.2, 0.25) is 5.91 Å². The van der Waals surface area contributed by atoms with E-state index in [1.165, 1.54) is 0 Å². The second-order valence-electron chi connectivity index (χ2n) is 7.37. The molecule has 18 heavy (non-hydrogen) atoms. The number of hydrogen-bond acceptors (Lipinski definition) is 2. The fraction of sp³-hybridized carbons (Fsp3) is 0.933. The smallest absolute Gasteiger partial charge is 0.228 e. The first-order chi connectivity index (χ1) is 8.04. The van der Waals surface area contributed by atoms with Crippen LogP contribution in [0.15, 0.2) is 0 Å². The minimum atomic E-state index is -0.182. The van der Waals surface area contributed by atoms with E-state index >= 15 is 0 Å². The van der Waals surface area contributed by atoms with Gasteiger partial charge in [-0.05, 0) is 60.4 Å². The van der Waals surface area contributed by atoms with Crippen LogP contribution in [0.5, 0.6) is 0 Å². The van der Waals surface area contributed by atoms with E-state index in [9.17, 15) is 4.79 Å². The van der Waals surface area contributed by atoms with Crippen LogP contribution in [0.1, 0.15) is 60.3 Å². The normalized spacial score (nSPS) is 28.6. The molecule has 1 unspecified atom stereocenters. The molecule has 1 amide bonds. The molecule has 3 nitrogen and oxygen atoms in total. The van der Waals surface area contributed by atoms with Crippen LogP contribution >= 0.6 is 0 Å². The van der Waals surface area contributed by atoms with Gasteiger partial charge in [0.05, 0.1) is 0 Å². The highest BCUT2D eigenvalue weighted by atomic mass is 16.2. The van der Waals surface area contributed by atoms with Gasteiger partial charge >= 0.3 is 0 Å². The Morgan fingerprint density at radius 2 is 1.83 bits per heavy atom. The average molecular weight is 254 g/mol. The number of piperidine rings is 1. The number of nitrogens with one attached hydrogen (secondary N) is 1. The molecular weight excluding hydrogens is 224 g/mol. The van der Waals surface area contributed by atoms with Crippen LogP contribution in [0.4, 0.5) is 0 Å². The van der Waals surface area contributed by atoms with Gasteiger partial charge in [0, 0.05) is 23.5 Å². The van der Waals surface area contributed by atoms with Crippen LogP contribution in [0.25, 0.3) is 0 Å². The van der Waals surface area contributed by atoms with Gasteiger partial charge in [-0.25, -0.2) is 0 Å². The van der Waals surface area contributed by atoms with E-state index in [1.54, 1.807) is 0 Å². The summed E-state index contributed by atoms with van der Waals surface area (Å²) in [5.74, 6) is 0.311. The Morgan fingerprint density at radius 1 is 1.28 bits per heavy atom. The second kappa shape index (κ2) is 4.84. The van der Waals surface area contributed by atoms with Gasteiger partial charge in [-0.1, -0.05) is 6.92 Å². The molecule has 1 atom stereocenters. The molecule has 0 spiro atoms. The van der Waals surface area contributed by atoms with E-state index in [1.807, 2.05) is 19.0 Å². The van der Waals surface area contributed by atoms with Crippen molar-refractivity contribution in [2.24, 2.45) is 5.41 Å². The maximum absolute atomic E-state index is 12.6. The van der Waals surface area contributed by atoms with E-state index in [-0.39, 0.29) is 16.5 Å². The summed E-state index contributed by atoms with van der Waals surface area (Å²) in [7, 11) is 3.93. The monoisotopic (exact) mass is 254 g/mol. The number of nitrogens with zero attached hydrogens (tertiary/aromatic N) is 1. The molecule has 1 heterocycles. The molecule has 106 valence electrons. The van der Waals surface area contributed by atoms with Crippen molar-refractivity contribution < 1.29 is 4.79 Å². The lowest BCUT2D eigenvalue weighted by Gasteiger charge is -2.48. The number of carbonyl (C=O) groups is 1. The summed E-state index contributed by atoms with van der Waals surface area (Å²) in [4.78, 5) is 14.5. The highest BCUT2D eigenvalue weighted by Crippen LogP contribution is 2.42. The van der Waals surface area contributed by atoms with Gasteiger partial charge in [0.25, 0.3) is 0 Å². The van der Waals surface area contributed by atoms with Crippen LogP contribution in [0.3, 0.4) is 0 Å². The largest absolute Gasteiger partial charge is 0.340 e. The van der Waals surface area contributed by atoms with Gasteiger partial charge in [-0.2, -0.15) is 0 Å². The Balaban J connectivity index is 2.74. The molecule has 1 rings (SSSR count). The van der Waals surface area contributed by atoms with Crippen molar-refractivity contribution in [3.8, 4) is 0 Å². The highest BCUT2D eigenvalue weighted by Gasteiger charge is 2.45. The Kier molecular flexibility index (Phi) is 4.16. The molecule has 1 fully saturated rings. The standard InChI is InChI=1S/C15H30N2O/c1-13(2,16-6)8-10-15(5)11-9-14(3,4)17(7)12(15)18/h16H,8-11H2,1-7H3. The lowest BCUT2D eigenvalue weighted by Crippen LogP contribution is -2.56. The minimum Gasteiger partial charge on any atom is -0.340 e. The first kappa shape index (κ1) is 15.5. The third kappa shape index (κ3) is 3.05. The predicted octanol–water partition coefficient (Wildman–Crippen LogP) is 2.80. The SMILES string of the molecule is CNC(C)(C)CCC1(C)CCC(C)(C)N(C)C1=O. The minimum absolute atomic E-state index is 0.00905.